The van der Waals surface area contributed by atoms with Crippen molar-refractivity contribution in [2.24, 2.45) is 0 Å². The summed E-state index contributed by atoms with van der Waals surface area (Å²) in [4.78, 5) is 37.2. The highest BCUT2D eigenvalue weighted by atomic mass is 32.2. The molecule has 8 heteroatoms. The van der Waals surface area contributed by atoms with Crippen molar-refractivity contribution in [2.75, 3.05) is 19.5 Å². The summed E-state index contributed by atoms with van der Waals surface area (Å²) in [6.07, 6.45) is 8.06. The minimum absolute atomic E-state index is 0.0430. The molecule has 29 heavy (non-hydrogen) atoms. The van der Waals surface area contributed by atoms with E-state index in [2.05, 4.69) is 15.4 Å². The van der Waals surface area contributed by atoms with Gasteiger partial charge in [0.2, 0.25) is 5.91 Å². The van der Waals surface area contributed by atoms with Gasteiger partial charge in [-0.25, -0.2) is 4.79 Å². The molecule has 0 aliphatic heterocycles. The molecule has 0 unspecified atom stereocenters. The van der Waals surface area contributed by atoms with E-state index in [1.165, 1.54) is 38.1 Å². The van der Waals surface area contributed by atoms with Crippen molar-refractivity contribution >= 4 is 29.5 Å². The molecule has 0 aromatic heterocycles. The van der Waals surface area contributed by atoms with Gasteiger partial charge in [0.05, 0.1) is 25.0 Å². The van der Waals surface area contributed by atoms with Crippen LogP contribution < -0.4 is 10.6 Å². The van der Waals surface area contributed by atoms with Crippen LogP contribution >= 0.6 is 11.8 Å². The summed E-state index contributed by atoms with van der Waals surface area (Å²) in [7, 11) is 1.19. The van der Waals surface area contributed by atoms with Gasteiger partial charge in [0, 0.05) is 10.9 Å². The highest BCUT2D eigenvalue weighted by Gasteiger charge is 2.23. The van der Waals surface area contributed by atoms with Crippen LogP contribution in [0.1, 0.15) is 55.3 Å². The molecule has 2 amide bonds. The van der Waals surface area contributed by atoms with Gasteiger partial charge in [0.25, 0.3) is 5.91 Å². The molecule has 0 bridgehead atoms. The number of carbonyl (C=O) groups excluding carboxylic acids is 3. The molecule has 1 saturated carbocycles. The van der Waals surface area contributed by atoms with Crippen molar-refractivity contribution in [3.8, 4) is 0 Å². The summed E-state index contributed by atoms with van der Waals surface area (Å²) in [5, 5.41) is 14.9. The third kappa shape index (κ3) is 7.70. The van der Waals surface area contributed by atoms with Crippen LogP contribution in [0.25, 0.3) is 0 Å². The van der Waals surface area contributed by atoms with Crippen LogP contribution in [-0.2, 0) is 14.3 Å². The van der Waals surface area contributed by atoms with Gasteiger partial charge in [-0.05, 0) is 25.0 Å². The number of carbonyl (C=O) groups is 3. The minimum Gasteiger partial charge on any atom is -0.467 e. The molecule has 0 spiro atoms. The molecule has 1 aromatic carbocycles. The van der Waals surface area contributed by atoms with E-state index < -0.39 is 24.5 Å². The van der Waals surface area contributed by atoms with Crippen LogP contribution in [0.5, 0.6) is 0 Å². The fourth-order valence-electron chi connectivity index (χ4n) is 3.35. The third-order valence-corrected chi connectivity index (χ3v) is 6.01. The summed E-state index contributed by atoms with van der Waals surface area (Å²) in [6.45, 7) is -0.558. The number of hydrogen-bond donors (Lipinski definition) is 3. The van der Waals surface area contributed by atoms with E-state index in [1.54, 1.807) is 24.3 Å². The maximum atomic E-state index is 12.5. The van der Waals surface area contributed by atoms with Crippen LogP contribution in [0.15, 0.2) is 29.2 Å². The lowest BCUT2D eigenvalue weighted by atomic mass is 9.97. The fourth-order valence-corrected chi connectivity index (χ4v) is 4.21. The van der Waals surface area contributed by atoms with Crippen LogP contribution in [0.3, 0.4) is 0 Å². The largest absolute Gasteiger partial charge is 0.467 e. The first-order chi connectivity index (χ1) is 14.0. The van der Waals surface area contributed by atoms with E-state index in [4.69, 9.17) is 0 Å². The van der Waals surface area contributed by atoms with Gasteiger partial charge < -0.3 is 20.5 Å². The third-order valence-electron chi connectivity index (χ3n) is 4.93. The maximum Gasteiger partial charge on any atom is 0.330 e. The summed E-state index contributed by atoms with van der Waals surface area (Å²) in [6, 6.07) is 5.97. The zero-order valence-electron chi connectivity index (χ0n) is 16.8. The van der Waals surface area contributed by atoms with Crippen molar-refractivity contribution in [1.29, 1.82) is 0 Å². The van der Waals surface area contributed by atoms with Crippen LogP contribution in [0, 0.1) is 0 Å². The molecule has 160 valence electrons. The first-order valence-electron chi connectivity index (χ1n) is 10.1. The number of aliphatic hydroxyl groups excluding tert-OH is 1. The summed E-state index contributed by atoms with van der Waals surface area (Å²) in [5.74, 6) is -1.05. The fraction of sp³-hybridized carbons (Fsp3) is 0.571. The molecule has 0 saturated heterocycles. The highest BCUT2D eigenvalue weighted by molar-refractivity contribution is 8.00. The molecule has 0 heterocycles. The van der Waals surface area contributed by atoms with Gasteiger partial charge in [0.1, 0.15) is 0 Å². The van der Waals surface area contributed by atoms with E-state index in [1.807, 2.05) is 0 Å². The molecular formula is C21H30N2O5S. The Morgan fingerprint density at radius 2 is 1.79 bits per heavy atom. The predicted molar refractivity (Wildman–Crippen MR) is 112 cm³/mol. The summed E-state index contributed by atoms with van der Waals surface area (Å²) in [5.41, 5.74) is 0.346. The van der Waals surface area contributed by atoms with Gasteiger partial charge in [-0.1, -0.05) is 44.2 Å². The predicted octanol–water partition coefficient (Wildman–Crippen LogP) is 2.27. The zero-order chi connectivity index (χ0) is 21.1. The van der Waals surface area contributed by atoms with Crippen LogP contribution in [0.2, 0.25) is 0 Å². The maximum absolute atomic E-state index is 12.5. The number of rotatable bonds is 8. The highest BCUT2D eigenvalue weighted by Crippen LogP contribution is 2.23. The molecule has 0 radical (unpaired) electrons. The lowest BCUT2D eigenvalue weighted by Crippen LogP contribution is -2.44. The van der Waals surface area contributed by atoms with Crippen molar-refractivity contribution in [2.45, 2.75) is 61.9 Å². The summed E-state index contributed by atoms with van der Waals surface area (Å²) >= 11 is 1.28. The number of nitrogens with one attached hydrogen (secondary N) is 2. The number of esters is 1. The lowest BCUT2D eigenvalue weighted by Gasteiger charge is -2.21. The van der Waals surface area contributed by atoms with Crippen molar-refractivity contribution < 1.29 is 24.2 Å². The molecule has 1 fully saturated rings. The Kier molecular flexibility index (Phi) is 10.0. The number of hydrogen-bond acceptors (Lipinski definition) is 6. The van der Waals surface area contributed by atoms with Gasteiger partial charge in [-0.2, -0.15) is 0 Å². The van der Waals surface area contributed by atoms with E-state index in [9.17, 15) is 19.5 Å². The van der Waals surface area contributed by atoms with Gasteiger partial charge in [-0.3, -0.25) is 9.59 Å². The Bertz CT molecular complexity index is 689. The second-order valence-corrected chi connectivity index (χ2v) is 8.14. The molecule has 1 atom stereocenters. The Morgan fingerprint density at radius 1 is 1.14 bits per heavy atom. The molecule has 1 aromatic rings. The first-order valence-corrected chi connectivity index (χ1v) is 11.0. The molecule has 2 rings (SSSR count). The van der Waals surface area contributed by atoms with E-state index >= 15 is 0 Å². The normalized spacial score (nSPS) is 16.2. The number of aliphatic hydroxyl groups is 1. The van der Waals surface area contributed by atoms with Crippen LogP contribution in [0.4, 0.5) is 0 Å². The minimum atomic E-state index is -1.13. The van der Waals surface area contributed by atoms with E-state index in [-0.39, 0.29) is 17.7 Å². The first kappa shape index (κ1) is 23.2. The van der Waals surface area contributed by atoms with E-state index in [0.717, 1.165) is 25.7 Å². The number of thioether (sulfide) groups is 1. The average molecular weight is 423 g/mol. The Morgan fingerprint density at radius 3 is 2.45 bits per heavy atom. The van der Waals surface area contributed by atoms with Crippen molar-refractivity contribution in [3.05, 3.63) is 29.8 Å². The van der Waals surface area contributed by atoms with Gasteiger partial charge >= 0.3 is 5.97 Å². The van der Waals surface area contributed by atoms with Crippen molar-refractivity contribution in [3.63, 3.8) is 0 Å². The smallest absolute Gasteiger partial charge is 0.330 e. The second-order valence-electron chi connectivity index (χ2n) is 7.13. The topological polar surface area (TPSA) is 105 Å². The average Bonchev–Trinajstić information content (AvgIpc) is 2.71. The molecular weight excluding hydrogens is 392 g/mol. The number of ether oxygens (including phenoxy) is 1. The monoisotopic (exact) mass is 422 g/mol. The molecule has 3 N–H and O–H groups in total. The summed E-state index contributed by atoms with van der Waals surface area (Å²) < 4.78 is 4.57. The standard InChI is InChI=1S/C21H30N2O5S/c1-28-21(27)17(13-24)23-20(26)16-11-7-8-12-18(16)29-14-19(25)22-15-9-5-3-2-4-6-10-15/h7-8,11-12,15,17,24H,2-6,9-10,13-14H2,1H3,(H,22,25)(H,23,26)/t17-/m1/s1. The quantitative estimate of drug-likeness (QED) is 0.439. The van der Waals surface area contributed by atoms with Gasteiger partial charge in [-0.15, -0.1) is 11.8 Å². The molecule has 1 aliphatic rings. The molecule has 7 nitrogen and oxygen atoms in total. The Balaban J connectivity index is 1.93. The lowest BCUT2D eigenvalue weighted by molar-refractivity contribution is -0.143. The van der Waals surface area contributed by atoms with Gasteiger partial charge in [0.15, 0.2) is 6.04 Å². The Hall–Kier alpha value is -2.06. The van der Waals surface area contributed by atoms with Crippen LogP contribution in [-0.4, -0.2) is 54.4 Å². The number of benzene rings is 1. The van der Waals surface area contributed by atoms with E-state index in [0.29, 0.717) is 10.5 Å². The SMILES string of the molecule is COC(=O)[C@@H](CO)NC(=O)c1ccccc1SCC(=O)NC1CCCCCCC1. The second kappa shape index (κ2) is 12.5. The Labute approximate surface area is 176 Å². The zero-order valence-corrected chi connectivity index (χ0v) is 17.6. The molecule has 1 aliphatic carbocycles. The number of methoxy groups -OCH3 is 1. The number of amides is 2. The van der Waals surface area contributed by atoms with Crippen molar-refractivity contribution in [1.82, 2.24) is 10.6 Å².